The number of nitrogens with zero attached hydrogens (tertiary/aromatic N) is 4. The molecular weight excluding hydrogens is 1080 g/mol. The van der Waals surface area contributed by atoms with E-state index in [2.05, 4.69) is 198 Å². The van der Waals surface area contributed by atoms with E-state index < -0.39 is 0 Å². The van der Waals surface area contributed by atoms with Crippen LogP contribution in [0.5, 0.6) is 11.5 Å². The van der Waals surface area contributed by atoms with E-state index in [-0.39, 0.29) is 50.6 Å². The van der Waals surface area contributed by atoms with Crippen molar-refractivity contribution in [2.75, 3.05) is 0 Å². The number of fused-ring (bicyclic) bond motifs is 3. The molecule has 2 aromatic heterocycles. The van der Waals surface area contributed by atoms with E-state index in [1.165, 1.54) is 28.3 Å². The van der Waals surface area contributed by atoms with Gasteiger partial charge in [0.25, 0.3) is 0 Å². The van der Waals surface area contributed by atoms with Crippen molar-refractivity contribution < 1.29 is 30.2 Å². The van der Waals surface area contributed by atoms with Crippen molar-refractivity contribution in [1.82, 2.24) is 19.1 Å². The monoisotopic (exact) mass is 1140 g/mol. The smallest absolute Gasteiger partial charge is 0.496 e. The Morgan fingerprint density at radius 3 is 1.51 bits per heavy atom. The summed E-state index contributed by atoms with van der Waals surface area (Å²) < 4.78 is 27.0. The van der Waals surface area contributed by atoms with Crippen molar-refractivity contribution in [1.29, 1.82) is 0 Å². The van der Waals surface area contributed by atoms with Crippen LogP contribution in [0.2, 0.25) is 0 Å². The van der Waals surface area contributed by atoms with Crippen LogP contribution in [0.25, 0.3) is 89.2 Å². The molecule has 0 aliphatic carbocycles. The Bertz CT molecular complexity index is 3750. The number of imidazole rings is 2. The van der Waals surface area contributed by atoms with Gasteiger partial charge in [-0.2, -0.15) is 0 Å². The summed E-state index contributed by atoms with van der Waals surface area (Å²) in [6, 6.07) is 67.4. The summed E-state index contributed by atoms with van der Waals surface area (Å²) in [5, 5.41) is 1.85. The van der Waals surface area contributed by atoms with Crippen molar-refractivity contribution in [3.63, 3.8) is 0 Å². The first-order chi connectivity index (χ1) is 34.9. The number of halogens is 1. The third kappa shape index (κ3) is 9.23. The summed E-state index contributed by atoms with van der Waals surface area (Å²) in [7, 11) is 0. The van der Waals surface area contributed by atoms with E-state index in [0.29, 0.717) is 28.4 Å². The zero-order valence-electron chi connectivity index (χ0n) is 42.4. The van der Waals surface area contributed by atoms with Crippen LogP contribution < -0.4 is 4.74 Å². The van der Waals surface area contributed by atoms with E-state index >= 15 is 4.39 Å². The molecule has 0 saturated carbocycles. The molecule has 9 aromatic carbocycles. The molecule has 5 nitrogen and oxygen atoms in total. The molecule has 364 valence electrons. The van der Waals surface area contributed by atoms with Gasteiger partial charge in [-0.1, -0.05) is 175 Å². The summed E-state index contributed by atoms with van der Waals surface area (Å²) >= 11 is 0. The third-order valence-electron chi connectivity index (χ3n) is 13.9. The second kappa shape index (κ2) is 20.2. The second-order valence-corrected chi connectivity index (χ2v) is 20.2. The van der Waals surface area contributed by atoms with Crippen LogP contribution in [0.15, 0.2) is 176 Å². The maximum atomic E-state index is 15.5. The predicted octanol–water partition coefficient (Wildman–Crippen LogP) is 18.2. The first-order valence-corrected chi connectivity index (χ1v) is 25.2. The first-order valence-electron chi connectivity index (χ1n) is 25.2. The molecular formula is C66H57FN4OPt. The summed E-state index contributed by atoms with van der Waals surface area (Å²) in [5.41, 5.74) is 16.4. The summed E-state index contributed by atoms with van der Waals surface area (Å²) in [6.07, 6.45) is 0. The second-order valence-electron chi connectivity index (χ2n) is 20.2. The average molecular weight is 1140 g/mol. The van der Waals surface area contributed by atoms with Crippen molar-refractivity contribution in [2.45, 2.75) is 79.1 Å². The van der Waals surface area contributed by atoms with Gasteiger partial charge in [0.2, 0.25) is 0 Å². The zero-order valence-corrected chi connectivity index (χ0v) is 44.7. The summed E-state index contributed by atoms with van der Waals surface area (Å²) in [6.45, 7) is 18.0. The van der Waals surface area contributed by atoms with Crippen LogP contribution in [-0.2, 0) is 21.1 Å². The van der Waals surface area contributed by atoms with Gasteiger partial charge in [0, 0.05) is 17.1 Å². The molecule has 0 spiro atoms. The predicted molar refractivity (Wildman–Crippen MR) is 295 cm³/mol. The molecule has 11 rings (SSSR count). The maximum Gasteiger partial charge on any atom is 2.00 e. The van der Waals surface area contributed by atoms with Gasteiger partial charge in [-0.3, -0.25) is 9.97 Å². The molecule has 0 aliphatic heterocycles. The number of benzene rings is 9. The van der Waals surface area contributed by atoms with Gasteiger partial charge in [0.15, 0.2) is 0 Å². The number of ether oxygens (including phenoxy) is 1. The van der Waals surface area contributed by atoms with E-state index in [4.69, 9.17) is 14.7 Å². The number of para-hydroxylation sites is 2. The standard InChI is InChI=1S/C66H57FN4O.Pt/c1-40(2)54-34-48(44-20-11-9-12-21-44)35-55(41(3)4)63(54)70-60-29-18-17-28-58(60)68-65(70)47-25-19-26-52(33-47)72-62-38-50(32-46-24-15-16-27-53(46)62)66-69-59-31-30-51(67)39-61(59)71(66)64-56(42(5)6)36-49(37-57(64)43(7)8)45-22-13-10-14-23-45;/h9-32,34-37,39-43H,1-8H3;/q-2;+2. The molecule has 0 bridgehead atoms. The normalized spacial score (nSPS) is 11.7. The number of hydrogen-bond acceptors (Lipinski definition) is 3. The van der Waals surface area contributed by atoms with Crippen molar-refractivity contribution in [3.8, 4) is 67.9 Å². The van der Waals surface area contributed by atoms with Gasteiger partial charge in [-0.25, -0.2) is 4.39 Å². The van der Waals surface area contributed by atoms with Gasteiger partial charge in [0.1, 0.15) is 5.82 Å². The Morgan fingerprint density at radius 1 is 0.438 bits per heavy atom. The Kier molecular flexibility index (Phi) is 13.6. The maximum absolute atomic E-state index is 15.5. The molecule has 0 N–H and O–H groups in total. The summed E-state index contributed by atoms with van der Waals surface area (Å²) in [5.74, 6) is 2.87. The zero-order chi connectivity index (χ0) is 49.8. The first kappa shape index (κ1) is 49.2. The Morgan fingerprint density at radius 2 is 0.932 bits per heavy atom. The van der Waals surface area contributed by atoms with Gasteiger partial charge < -0.3 is 13.9 Å². The molecule has 73 heavy (non-hydrogen) atoms. The fraction of sp³-hybridized carbons (Fsp3) is 0.182. The van der Waals surface area contributed by atoms with Crippen LogP contribution in [0.3, 0.4) is 0 Å². The van der Waals surface area contributed by atoms with Crippen molar-refractivity contribution in [3.05, 3.63) is 216 Å². The van der Waals surface area contributed by atoms with E-state index in [1.807, 2.05) is 36.4 Å². The van der Waals surface area contributed by atoms with Crippen molar-refractivity contribution >= 4 is 32.8 Å². The largest absolute Gasteiger partial charge is 2.00 e. The summed E-state index contributed by atoms with van der Waals surface area (Å²) in [4.78, 5) is 10.7. The molecule has 0 fully saturated rings. The van der Waals surface area contributed by atoms with Gasteiger partial charge in [-0.05, 0) is 123 Å². The van der Waals surface area contributed by atoms with Crippen molar-refractivity contribution in [2.24, 2.45) is 0 Å². The molecule has 0 unspecified atom stereocenters. The van der Waals surface area contributed by atoms with E-state index in [0.717, 1.165) is 72.4 Å². The Labute approximate surface area is 442 Å². The van der Waals surface area contributed by atoms with E-state index in [1.54, 1.807) is 12.1 Å². The molecule has 0 radical (unpaired) electrons. The van der Waals surface area contributed by atoms with Gasteiger partial charge in [0.05, 0.1) is 39.5 Å². The fourth-order valence-corrected chi connectivity index (χ4v) is 10.3. The minimum absolute atomic E-state index is 0. The Balaban J connectivity index is 0.00000611. The number of aromatic nitrogens is 4. The van der Waals surface area contributed by atoms with Gasteiger partial charge in [-0.15, -0.1) is 35.4 Å². The quantitative estimate of drug-likeness (QED) is 0.115. The molecule has 0 amide bonds. The van der Waals surface area contributed by atoms with Crippen LogP contribution in [0.1, 0.15) is 101 Å². The van der Waals surface area contributed by atoms with Gasteiger partial charge >= 0.3 is 21.1 Å². The van der Waals surface area contributed by atoms with Crippen LogP contribution in [0, 0.1) is 17.9 Å². The molecule has 0 atom stereocenters. The average Bonchev–Trinajstić information content (AvgIpc) is 3.97. The minimum Gasteiger partial charge on any atom is -0.496 e. The van der Waals surface area contributed by atoms with Crippen LogP contribution in [-0.4, -0.2) is 19.1 Å². The molecule has 0 aliphatic rings. The topological polar surface area (TPSA) is 44.9 Å². The van der Waals surface area contributed by atoms with E-state index in [9.17, 15) is 0 Å². The Hall–Kier alpha value is -7.40. The number of hydrogen-bond donors (Lipinski definition) is 0. The molecule has 11 aromatic rings. The fourth-order valence-electron chi connectivity index (χ4n) is 10.3. The number of rotatable bonds is 12. The molecule has 7 heteroatoms. The molecule has 2 heterocycles. The molecule has 0 saturated heterocycles. The minimum atomic E-state index is -0.325. The SMILES string of the molecule is CC(C)c1cc(-c2ccccc2)cc(C(C)C)c1-n1c(-c2[c-]c(Oc3[c-]c(-c4nc5ccc(F)cc5n4-c4c(C(C)C)cc(-c5ccccc5)cc4C(C)C)cc4ccccc34)ccc2)nc2ccccc21.[Pt+2]. The third-order valence-corrected chi connectivity index (χ3v) is 13.9. The van der Waals surface area contributed by atoms with Crippen LogP contribution >= 0.6 is 0 Å². The van der Waals surface area contributed by atoms with Crippen LogP contribution in [0.4, 0.5) is 4.39 Å².